The second-order valence-corrected chi connectivity index (χ2v) is 9.06. The molecule has 1 fully saturated rings. The summed E-state index contributed by atoms with van der Waals surface area (Å²) in [5.74, 6) is 0.415. The van der Waals surface area contributed by atoms with Crippen LogP contribution >= 0.6 is 0 Å². The molecule has 0 spiro atoms. The van der Waals surface area contributed by atoms with Crippen molar-refractivity contribution in [3.05, 3.63) is 76.6 Å². The van der Waals surface area contributed by atoms with Gasteiger partial charge >= 0.3 is 0 Å². The Hall–Kier alpha value is -3.72. The van der Waals surface area contributed by atoms with Crippen LogP contribution in [0, 0.1) is 13.8 Å². The summed E-state index contributed by atoms with van der Waals surface area (Å²) in [5.41, 5.74) is 4.38. The normalized spacial score (nSPS) is 17.7. The second-order valence-electron chi connectivity index (χ2n) is 9.06. The fraction of sp³-hybridized carbons (Fsp3) is 0.385. The maximum Gasteiger partial charge on any atom is 0.276 e. The highest BCUT2D eigenvalue weighted by molar-refractivity contribution is 5.93. The molecule has 0 aliphatic carbocycles. The van der Waals surface area contributed by atoms with Crippen molar-refractivity contribution in [2.45, 2.75) is 33.1 Å². The van der Waals surface area contributed by atoms with Crippen molar-refractivity contribution >= 4 is 11.8 Å². The molecular weight excluding hydrogens is 446 g/mol. The first-order valence-corrected chi connectivity index (χ1v) is 11.8. The first-order chi connectivity index (χ1) is 17.0. The van der Waals surface area contributed by atoms with Crippen LogP contribution in [0.4, 0.5) is 0 Å². The van der Waals surface area contributed by atoms with Crippen LogP contribution in [0.3, 0.4) is 0 Å². The lowest BCUT2D eigenvalue weighted by atomic mass is 10.1. The summed E-state index contributed by atoms with van der Waals surface area (Å²) in [6.45, 7) is 6.59. The number of carbonyl (C=O) groups excluding carboxylic acids is 2. The van der Waals surface area contributed by atoms with E-state index >= 15 is 0 Å². The number of nitrogens with zero attached hydrogens (tertiary/aromatic N) is 5. The number of amides is 2. The highest BCUT2D eigenvalue weighted by Crippen LogP contribution is 2.27. The van der Waals surface area contributed by atoms with Crippen molar-refractivity contribution in [3.63, 3.8) is 0 Å². The average molecular weight is 476 g/mol. The number of ether oxygens (including phenoxy) is 2. The Labute approximate surface area is 204 Å². The quantitative estimate of drug-likeness (QED) is 0.563. The zero-order valence-electron chi connectivity index (χ0n) is 20.0. The number of fused-ring (bicyclic) bond motifs is 1. The molecule has 3 aromatic rings. The van der Waals surface area contributed by atoms with Crippen LogP contribution in [0.1, 0.15) is 39.0 Å². The fourth-order valence-corrected chi connectivity index (χ4v) is 4.41. The smallest absolute Gasteiger partial charge is 0.276 e. The fourth-order valence-electron chi connectivity index (χ4n) is 4.41. The highest BCUT2D eigenvalue weighted by Gasteiger charge is 2.32. The van der Waals surface area contributed by atoms with Crippen LogP contribution in [0.15, 0.2) is 48.5 Å². The van der Waals surface area contributed by atoms with Gasteiger partial charge in [-0.05, 0) is 37.1 Å². The molecule has 2 aromatic carbocycles. The lowest BCUT2D eigenvalue weighted by molar-refractivity contribution is -0.134. The predicted molar refractivity (Wildman–Crippen MR) is 128 cm³/mol. The van der Waals surface area contributed by atoms with E-state index in [1.165, 1.54) is 5.56 Å². The van der Waals surface area contributed by atoms with Crippen LogP contribution in [0.2, 0.25) is 0 Å². The summed E-state index contributed by atoms with van der Waals surface area (Å²) in [7, 11) is 0. The van der Waals surface area contributed by atoms with E-state index < -0.39 is 0 Å². The van der Waals surface area contributed by atoms with Gasteiger partial charge in [-0.1, -0.05) is 47.2 Å². The molecule has 0 N–H and O–H groups in total. The third-order valence-electron chi connectivity index (χ3n) is 6.52. The summed E-state index contributed by atoms with van der Waals surface area (Å²) in [5, 5.41) is 8.41. The third-order valence-corrected chi connectivity index (χ3v) is 6.52. The van der Waals surface area contributed by atoms with Crippen molar-refractivity contribution in [3.8, 4) is 5.75 Å². The maximum atomic E-state index is 13.2. The van der Waals surface area contributed by atoms with Gasteiger partial charge in [0.05, 0.1) is 18.8 Å². The average Bonchev–Trinajstić information content (AvgIpc) is 3.31. The molecule has 9 heteroatoms. The number of hydrogen-bond donors (Lipinski definition) is 0. The van der Waals surface area contributed by atoms with E-state index in [1.807, 2.05) is 38.1 Å². The van der Waals surface area contributed by atoms with Crippen molar-refractivity contribution < 1.29 is 19.1 Å². The van der Waals surface area contributed by atoms with Gasteiger partial charge in [-0.15, -0.1) is 5.10 Å². The van der Waals surface area contributed by atoms with Crippen LogP contribution in [0.25, 0.3) is 0 Å². The summed E-state index contributed by atoms with van der Waals surface area (Å²) < 4.78 is 13.5. The van der Waals surface area contributed by atoms with Gasteiger partial charge in [-0.25, -0.2) is 4.68 Å². The Morgan fingerprint density at radius 2 is 1.74 bits per heavy atom. The topological polar surface area (TPSA) is 89.8 Å². The van der Waals surface area contributed by atoms with Crippen LogP contribution < -0.4 is 4.74 Å². The van der Waals surface area contributed by atoms with Crippen molar-refractivity contribution in [1.82, 2.24) is 24.8 Å². The molecule has 1 unspecified atom stereocenters. The highest BCUT2D eigenvalue weighted by atomic mass is 16.5. The number of piperazine rings is 1. The number of aromatic nitrogens is 3. The van der Waals surface area contributed by atoms with E-state index in [0.717, 1.165) is 11.1 Å². The van der Waals surface area contributed by atoms with Gasteiger partial charge in [0.25, 0.3) is 11.8 Å². The number of hydrogen-bond acceptors (Lipinski definition) is 6. The summed E-state index contributed by atoms with van der Waals surface area (Å²) in [4.78, 5) is 29.2. The Balaban J connectivity index is 1.15. The molecular formula is C26H29N5O4. The number of aryl methyl sites for hydroxylation is 2. The molecule has 1 aromatic heterocycles. The van der Waals surface area contributed by atoms with Crippen LogP contribution in [-0.2, 0) is 22.7 Å². The number of benzene rings is 2. The van der Waals surface area contributed by atoms with Gasteiger partial charge in [-0.3, -0.25) is 9.59 Å². The standard InChI is InChI=1S/C26H29N5O4/c1-18-6-8-20(9-7-18)23-15-31-22(16-35-23)25(27-28-31)26(33)30-12-10-29(11-13-30)24(32)17-34-21-5-3-4-19(2)14-21/h3-9,14,23H,10-13,15-17H2,1-2H3. The Morgan fingerprint density at radius 1 is 1.00 bits per heavy atom. The SMILES string of the molecule is Cc1ccc(C2Cn3nnc(C(=O)N4CCN(C(=O)COc5cccc(C)c5)CC4)c3CO2)cc1. The molecule has 5 rings (SSSR count). The summed E-state index contributed by atoms with van der Waals surface area (Å²) in [6.07, 6.45) is -0.121. The minimum absolute atomic E-state index is 0.0185. The van der Waals surface area contributed by atoms with Gasteiger partial charge in [0.1, 0.15) is 11.9 Å². The first kappa shape index (κ1) is 23.0. The summed E-state index contributed by atoms with van der Waals surface area (Å²) in [6, 6.07) is 15.8. The zero-order chi connectivity index (χ0) is 24.4. The molecule has 0 bridgehead atoms. The minimum atomic E-state index is -0.174. The second kappa shape index (κ2) is 9.87. The molecule has 2 aliphatic rings. The van der Waals surface area contributed by atoms with Crippen molar-refractivity contribution in [2.24, 2.45) is 0 Å². The first-order valence-electron chi connectivity index (χ1n) is 11.8. The lowest BCUT2D eigenvalue weighted by Gasteiger charge is -2.34. The van der Waals surface area contributed by atoms with Gasteiger partial charge in [0, 0.05) is 26.2 Å². The third kappa shape index (κ3) is 5.05. The van der Waals surface area contributed by atoms with Crippen LogP contribution in [0.5, 0.6) is 5.75 Å². The number of rotatable bonds is 5. The Morgan fingerprint density at radius 3 is 2.49 bits per heavy atom. The molecule has 2 amide bonds. The Bertz CT molecular complexity index is 1210. The minimum Gasteiger partial charge on any atom is -0.484 e. The molecule has 35 heavy (non-hydrogen) atoms. The van der Waals surface area contributed by atoms with Gasteiger partial charge in [0.2, 0.25) is 0 Å². The largest absolute Gasteiger partial charge is 0.484 e. The van der Waals surface area contributed by atoms with Gasteiger partial charge in [-0.2, -0.15) is 0 Å². The predicted octanol–water partition coefficient (Wildman–Crippen LogP) is 2.53. The molecule has 1 saturated heterocycles. The molecule has 1 atom stereocenters. The zero-order valence-corrected chi connectivity index (χ0v) is 20.0. The molecule has 2 aliphatic heterocycles. The lowest BCUT2D eigenvalue weighted by Crippen LogP contribution is -2.51. The van der Waals surface area contributed by atoms with Crippen LogP contribution in [-0.4, -0.2) is 69.4 Å². The van der Waals surface area contributed by atoms with Crippen molar-refractivity contribution in [1.29, 1.82) is 0 Å². The van der Waals surface area contributed by atoms with Gasteiger partial charge < -0.3 is 19.3 Å². The molecule has 9 nitrogen and oxygen atoms in total. The number of carbonyl (C=O) groups is 2. The van der Waals surface area contributed by atoms with E-state index in [4.69, 9.17) is 9.47 Å². The van der Waals surface area contributed by atoms with E-state index in [1.54, 1.807) is 14.5 Å². The van der Waals surface area contributed by atoms with E-state index in [-0.39, 0.29) is 31.1 Å². The maximum absolute atomic E-state index is 13.2. The van der Waals surface area contributed by atoms with Gasteiger partial charge in [0.15, 0.2) is 12.3 Å². The summed E-state index contributed by atoms with van der Waals surface area (Å²) >= 11 is 0. The van der Waals surface area contributed by atoms with Crippen molar-refractivity contribution in [2.75, 3.05) is 32.8 Å². The molecule has 182 valence electrons. The monoisotopic (exact) mass is 475 g/mol. The molecule has 3 heterocycles. The molecule has 0 radical (unpaired) electrons. The Kier molecular flexibility index (Phi) is 6.50. The van der Waals surface area contributed by atoms with E-state index in [9.17, 15) is 9.59 Å². The molecule has 0 saturated carbocycles. The van der Waals surface area contributed by atoms with E-state index in [0.29, 0.717) is 49.9 Å². The van der Waals surface area contributed by atoms with E-state index in [2.05, 4.69) is 34.6 Å².